The second-order valence-corrected chi connectivity index (χ2v) is 6.00. The standard InChI is InChI=1S/C16H23ClFNO3/c1-11(16-14(17)5-2-6-15(16)18)19-8-12(20)9-21-10-13-4-3-7-22-13/h2,5-6,11-13,19-20H,3-4,7-10H2,1H3. The fourth-order valence-corrected chi connectivity index (χ4v) is 2.84. The van der Waals surface area contributed by atoms with E-state index in [0.717, 1.165) is 19.4 Å². The zero-order valence-corrected chi connectivity index (χ0v) is 13.5. The van der Waals surface area contributed by atoms with Crippen LogP contribution >= 0.6 is 11.6 Å². The van der Waals surface area contributed by atoms with Gasteiger partial charge in [0.1, 0.15) is 5.82 Å². The van der Waals surface area contributed by atoms with Crippen molar-refractivity contribution < 1.29 is 19.0 Å². The first-order valence-corrected chi connectivity index (χ1v) is 8.00. The summed E-state index contributed by atoms with van der Waals surface area (Å²) in [6.45, 7) is 3.64. The Balaban J connectivity index is 1.69. The monoisotopic (exact) mass is 331 g/mol. The van der Waals surface area contributed by atoms with E-state index in [-0.39, 0.29) is 24.6 Å². The highest BCUT2D eigenvalue weighted by molar-refractivity contribution is 6.31. The van der Waals surface area contributed by atoms with Crippen molar-refractivity contribution >= 4 is 11.6 Å². The van der Waals surface area contributed by atoms with E-state index in [9.17, 15) is 9.50 Å². The first-order chi connectivity index (χ1) is 10.6. The van der Waals surface area contributed by atoms with Gasteiger partial charge >= 0.3 is 0 Å². The number of ether oxygens (including phenoxy) is 2. The third-order valence-electron chi connectivity index (χ3n) is 3.73. The van der Waals surface area contributed by atoms with Crippen LogP contribution in [0.5, 0.6) is 0 Å². The van der Waals surface area contributed by atoms with E-state index in [1.807, 2.05) is 6.92 Å². The minimum absolute atomic E-state index is 0.149. The number of nitrogens with one attached hydrogen (secondary N) is 1. The first kappa shape index (κ1) is 17.6. The second kappa shape index (κ2) is 8.79. The summed E-state index contributed by atoms with van der Waals surface area (Å²) in [5.41, 5.74) is 0.414. The van der Waals surface area contributed by atoms with Gasteiger partial charge in [0, 0.05) is 29.8 Å². The van der Waals surface area contributed by atoms with Crippen molar-refractivity contribution in [2.45, 2.75) is 38.0 Å². The highest BCUT2D eigenvalue weighted by atomic mass is 35.5. The van der Waals surface area contributed by atoms with Crippen molar-refractivity contribution in [3.05, 3.63) is 34.6 Å². The van der Waals surface area contributed by atoms with Crippen LogP contribution in [0.1, 0.15) is 31.4 Å². The number of rotatable bonds is 8. The minimum atomic E-state index is -0.658. The molecular formula is C16H23ClFNO3. The molecule has 2 rings (SSSR count). The van der Waals surface area contributed by atoms with E-state index in [0.29, 0.717) is 23.7 Å². The average molecular weight is 332 g/mol. The SMILES string of the molecule is CC(NCC(O)COCC1CCCO1)c1c(F)cccc1Cl. The van der Waals surface area contributed by atoms with Gasteiger partial charge in [-0.25, -0.2) is 4.39 Å². The topological polar surface area (TPSA) is 50.7 Å². The van der Waals surface area contributed by atoms with Crippen LogP contribution in [0.25, 0.3) is 0 Å². The highest BCUT2D eigenvalue weighted by Gasteiger charge is 2.18. The quantitative estimate of drug-likeness (QED) is 0.769. The number of benzene rings is 1. The van der Waals surface area contributed by atoms with Crippen molar-refractivity contribution in [1.29, 1.82) is 0 Å². The summed E-state index contributed by atoms with van der Waals surface area (Å²) in [4.78, 5) is 0. The fraction of sp³-hybridized carbons (Fsp3) is 0.625. The third-order valence-corrected chi connectivity index (χ3v) is 4.06. The lowest BCUT2D eigenvalue weighted by Gasteiger charge is -2.19. The molecule has 1 aromatic carbocycles. The maximum Gasteiger partial charge on any atom is 0.129 e. The molecule has 1 fully saturated rings. The van der Waals surface area contributed by atoms with Crippen LogP contribution in [0.3, 0.4) is 0 Å². The van der Waals surface area contributed by atoms with Crippen LogP contribution in [0.15, 0.2) is 18.2 Å². The van der Waals surface area contributed by atoms with Crippen molar-refractivity contribution in [2.24, 2.45) is 0 Å². The molecular weight excluding hydrogens is 309 g/mol. The van der Waals surface area contributed by atoms with E-state index in [4.69, 9.17) is 21.1 Å². The average Bonchev–Trinajstić information content (AvgIpc) is 2.98. The van der Waals surface area contributed by atoms with Gasteiger partial charge in [-0.3, -0.25) is 0 Å². The lowest BCUT2D eigenvalue weighted by molar-refractivity contribution is -0.0168. The number of hydrogen-bond donors (Lipinski definition) is 2. The lowest BCUT2D eigenvalue weighted by atomic mass is 10.1. The number of aliphatic hydroxyl groups is 1. The van der Waals surface area contributed by atoms with Crippen LogP contribution in [0, 0.1) is 5.82 Å². The molecule has 3 atom stereocenters. The number of aliphatic hydroxyl groups excluding tert-OH is 1. The van der Waals surface area contributed by atoms with Crippen molar-refractivity contribution in [3.63, 3.8) is 0 Å². The van der Waals surface area contributed by atoms with Gasteiger partial charge in [-0.1, -0.05) is 17.7 Å². The number of halogens is 2. The Labute approximate surface area is 135 Å². The zero-order chi connectivity index (χ0) is 15.9. The molecule has 2 N–H and O–H groups in total. The molecule has 0 aromatic heterocycles. The maximum absolute atomic E-state index is 13.8. The summed E-state index contributed by atoms with van der Waals surface area (Å²) in [7, 11) is 0. The normalized spacial score (nSPS) is 21.0. The van der Waals surface area contributed by atoms with E-state index in [1.54, 1.807) is 12.1 Å². The van der Waals surface area contributed by atoms with Gasteiger partial charge in [0.2, 0.25) is 0 Å². The maximum atomic E-state index is 13.8. The molecule has 0 spiro atoms. The minimum Gasteiger partial charge on any atom is -0.389 e. The summed E-state index contributed by atoms with van der Waals surface area (Å²) in [6, 6.07) is 4.31. The van der Waals surface area contributed by atoms with Crippen LogP contribution < -0.4 is 5.32 Å². The Morgan fingerprint density at radius 1 is 1.55 bits per heavy atom. The van der Waals surface area contributed by atoms with E-state index in [2.05, 4.69) is 5.32 Å². The Morgan fingerprint density at radius 3 is 3.05 bits per heavy atom. The van der Waals surface area contributed by atoms with Crippen molar-refractivity contribution in [2.75, 3.05) is 26.4 Å². The predicted molar refractivity (Wildman–Crippen MR) is 83.6 cm³/mol. The van der Waals surface area contributed by atoms with E-state index < -0.39 is 6.10 Å². The van der Waals surface area contributed by atoms with Gasteiger partial charge < -0.3 is 19.9 Å². The highest BCUT2D eigenvalue weighted by Crippen LogP contribution is 2.25. The molecule has 0 aliphatic carbocycles. The Kier molecular flexibility index (Phi) is 7.05. The van der Waals surface area contributed by atoms with Gasteiger partial charge in [-0.15, -0.1) is 0 Å². The molecule has 1 aliphatic rings. The van der Waals surface area contributed by atoms with E-state index >= 15 is 0 Å². The molecule has 0 radical (unpaired) electrons. The molecule has 1 heterocycles. The zero-order valence-electron chi connectivity index (χ0n) is 12.7. The number of hydrogen-bond acceptors (Lipinski definition) is 4. The molecule has 124 valence electrons. The smallest absolute Gasteiger partial charge is 0.129 e. The second-order valence-electron chi connectivity index (χ2n) is 5.59. The molecule has 0 amide bonds. The molecule has 0 saturated carbocycles. The molecule has 4 nitrogen and oxygen atoms in total. The lowest BCUT2D eigenvalue weighted by Crippen LogP contribution is -2.33. The Morgan fingerprint density at radius 2 is 2.36 bits per heavy atom. The Bertz CT molecular complexity index is 448. The van der Waals surface area contributed by atoms with E-state index in [1.165, 1.54) is 6.07 Å². The molecule has 1 aromatic rings. The third kappa shape index (κ3) is 5.18. The fourth-order valence-electron chi connectivity index (χ4n) is 2.51. The Hall–Kier alpha value is -0.720. The summed E-state index contributed by atoms with van der Waals surface area (Å²) in [6.07, 6.45) is 1.57. The van der Waals surface area contributed by atoms with Crippen LogP contribution in [-0.2, 0) is 9.47 Å². The molecule has 1 saturated heterocycles. The summed E-state index contributed by atoms with van der Waals surface area (Å²) >= 11 is 6.01. The van der Waals surface area contributed by atoms with Crippen LogP contribution in [-0.4, -0.2) is 43.7 Å². The van der Waals surface area contributed by atoms with Gasteiger partial charge in [-0.05, 0) is 31.9 Å². The van der Waals surface area contributed by atoms with Gasteiger partial charge in [0.05, 0.1) is 25.4 Å². The molecule has 0 bridgehead atoms. The van der Waals surface area contributed by atoms with Gasteiger partial charge in [0.15, 0.2) is 0 Å². The summed E-state index contributed by atoms with van der Waals surface area (Å²) in [5, 5.41) is 13.4. The molecule has 22 heavy (non-hydrogen) atoms. The summed E-state index contributed by atoms with van der Waals surface area (Å²) < 4.78 is 24.7. The molecule has 3 unspecified atom stereocenters. The largest absolute Gasteiger partial charge is 0.389 e. The summed E-state index contributed by atoms with van der Waals surface area (Å²) in [5.74, 6) is -0.350. The van der Waals surface area contributed by atoms with Crippen LogP contribution in [0.2, 0.25) is 5.02 Å². The van der Waals surface area contributed by atoms with Crippen LogP contribution in [0.4, 0.5) is 4.39 Å². The first-order valence-electron chi connectivity index (χ1n) is 7.62. The van der Waals surface area contributed by atoms with Gasteiger partial charge in [-0.2, -0.15) is 0 Å². The van der Waals surface area contributed by atoms with Crippen molar-refractivity contribution in [3.8, 4) is 0 Å². The van der Waals surface area contributed by atoms with Gasteiger partial charge in [0.25, 0.3) is 0 Å². The molecule has 1 aliphatic heterocycles. The van der Waals surface area contributed by atoms with Crippen molar-refractivity contribution in [1.82, 2.24) is 5.32 Å². The molecule has 6 heteroatoms. The predicted octanol–water partition coefficient (Wildman–Crippen LogP) is 2.69.